The van der Waals surface area contributed by atoms with E-state index >= 15 is 0 Å². The van der Waals surface area contributed by atoms with Crippen molar-refractivity contribution in [3.8, 4) is 5.82 Å². The van der Waals surface area contributed by atoms with Gasteiger partial charge >= 0.3 is 5.97 Å². The van der Waals surface area contributed by atoms with E-state index < -0.39 is 11.9 Å². The van der Waals surface area contributed by atoms with Crippen LogP contribution in [0.15, 0.2) is 60.8 Å². The number of hydrogen-bond acceptors (Lipinski definition) is 6. The quantitative estimate of drug-likeness (QED) is 0.459. The summed E-state index contributed by atoms with van der Waals surface area (Å²) >= 11 is 0. The van der Waals surface area contributed by atoms with Crippen molar-refractivity contribution in [1.82, 2.24) is 14.8 Å². The van der Waals surface area contributed by atoms with Crippen molar-refractivity contribution in [3.05, 3.63) is 77.5 Å². The molecule has 2 aromatic heterocycles. The highest BCUT2D eigenvalue weighted by atomic mass is 16.5. The van der Waals surface area contributed by atoms with Crippen LogP contribution in [0.2, 0.25) is 0 Å². The lowest BCUT2D eigenvalue weighted by Gasteiger charge is -2.12. The lowest BCUT2D eigenvalue weighted by atomic mass is 10.1. The third-order valence-corrected chi connectivity index (χ3v) is 5.29. The molecule has 0 fully saturated rings. The fourth-order valence-corrected chi connectivity index (χ4v) is 3.72. The van der Waals surface area contributed by atoms with E-state index in [1.807, 2.05) is 30.3 Å². The number of esters is 1. The van der Waals surface area contributed by atoms with Gasteiger partial charge in [0.2, 0.25) is 5.91 Å². The third kappa shape index (κ3) is 3.80. The molecule has 33 heavy (non-hydrogen) atoms. The second kappa shape index (κ2) is 8.19. The van der Waals surface area contributed by atoms with Gasteiger partial charge in [-0.15, -0.1) is 0 Å². The predicted molar refractivity (Wildman–Crippen MR) is 122 cm³/mol. The molecule has 4 aromatic rings. The molecule has 2 aromatic carbocycles. The molecule has 1 aliphatic heterocycles. The molecule has 0 bridgehead atoms. The van der Waals surface area contributed by atoms with Crippen molar-refractivity contribution in [3.63, 3.8) is 0 Å². The van der Waals surface area contributed by atoms with Gasteiger partial charge in [-0.1, -0.05) is 18.2 Å². The Labute approximate surface area is 188 Å². The number of aromatic nitrogens is 3. The second-order valence-corrected chi connectivity index (χ2v) is 7.45. The highest BCUT2D eigenvalue weighted by molar-refractivity contribution is 6.08. The van der Waals surface area contributed by atoms with Gasteiger partial charge in [-0.2, -0.15) is 9.78 Å². The number of nitrogens with one attached hydrogen (secondary N) is 2. The number of amides is 2. The fraction of sp³-hybridized carbons (Fsp3) is 0.125. The van der Waals surface area contributed by atoms with E-state index in [0.29, 0.717) is 17.1 Å². The molecule has 0 radical (unpaired) electrons. The van der Waals surface area contributed by atoms with Gasteiger partial charge in [0.1, 0.15) is 5.56 Å². The van der Waals surface area contributed by atoms with Gasteiger partial charge in [0.25, 0.3) is 5.91 Å². The van der Waals surface area contributed by atoms with Crippen LogP contribution in [0.5, 0.6) is 0 Å². The monoisotopic (exact) mass is 441 g/mol. The SMILES string of the molecule is CCOC(=O)c1cnn(-c2ccc3ccccc3n2)c1NC(=O)c1ccc2c(c1)CC(=O)N2. The van der Waals surface area contributed by atoms with Crippen LogP contribution < -0.4 is 10.6 Å². The van der Waals surface area contributed by atoms with E-state index in [-0.39, 0.29) is 30.3 Å². The van der Waals surface area contributed by atoms with Gasteiger partial charge in [-0.05, 0) is 48.9 Å². The van der Waals surface area contributed by atoms with E-state index in [1.54, 1.807) is 31.2 Å². The Morgan fingerprint density at radius 2 is 2.00 bits per heavy atom. The summed E-state index contributed by atoms with van der Waals surface area (Å²) in [6, 6.07) is 16.2. The molecular formula is C24H19N5O4. The molecule has 1 aliphatic rings. The standard InChI is InChI=1S/C24H19N5O4/c1-2-33-24(32)17-13-25-29(20-10-8-14-5-3-4-6-18(14)26-20)22(17)28-23(31)15-7-9-19-16(11-15)12-21(30)27-19/h3-11,13H,2,12H2,1H3,(H,27,30)(H,28,31). The summed E-state index contributed by atoms with van der Waals surface area (Å²) in [6.45, 7) is 1.88. The first-order chi connectivity index (χ1) is 16.0. The molecule has 9 heteroatoms. The number of rotatable bonds is 5. The highest BCUT2D eigenvalue weighted by Gasteiger charge is 2.24. The molecule has 0 aliphatic carbocycles. The number of fused-ring (bicyclic) bond motifs is 2. The highest BCUT2D eigenvalue weighted by Crippen LogP contribution is 2.26. The molecule has 0 atom stereocenters. The zero-order valence-corrected chi connectivity index (χ0v) is 17.7. The molecule has 3 heterocycles. The number of para-hydroxylation sites is 1. The smallest absolute Gasteiger partial charge is 0.343 e. The van der Waals surface area contributed by atoms with Crippen LogP contribution in [0.4, 0.5) is 11.5 Å². The third-order valence-electron chi connectivity index (χ3n) is 5.29. The summed E-state index contributed by atoms with van der Waals surface area (Å²) in [5, 5.41) is 10.8. The minimum absolute atomic E-state index is 0.109. The number of hydrogen-bond donors (Lipinski definition) is 2. The predicted octanol–water partition coefficient (Wildman–Crippen LogP) is 3.34. The number of pyridine rings is 1. The molecule has 0 saturated carbocycles. The largest absolute Gasteiger partial charge is 0.462 e. The lowest BCUT2D eigenvalue weighted by Crippen LogP contribution is -2.18. The Bertz CT molecular complexity index is 1430. The average molecular weight is 441 g/mol. The number of carbonyl (C=O) groups excluding carboxylic acids is 3. The maximum atomic E-state index is 13.1. The van der Waals surface area contributed by atoms with Crippen molar-refractivity contribution in [1.29, 1.82) is 0 Å². The Balaban J connectivity index is 1.54. The number of benzene rings is 2. The summed E-state index contributed by atoms with van der Waals surface area (Å²) in [6.07, 6.45) is 1.55. The normalized spacial score (nSPS) is 12.3. The van der Waals surface area contributed by atoms with Crippen molar-refractivity contribution < 1.29 is 19.1 Å². The van der Waals surface area contributed by atoms with Crippen LogP contribution in [0.25, 0.3) is 16.7 Å². The summed E-state index contributed by atoms with van der Waals surface area (Å²) in [5.41, 5.74) is 2.63. The summed E-state index contributed by atoms with van der Waals surface area (Å²) < 4.78 is 6.54. The first-order valence-corrected chi connectivity index (χ1v) is 10.4. The maximum absolute atomic E-state index is 13.1. The first-order valence-electron chi connectivity index (χ1n) is 10.4. The summed E-state index contributed by atoms with van der Waals surface area (Å²) in [5.74, 6) is -0.597. The number of carbonyl (C=O) groups is 3. The van der Waals surface area contributed by atoms with Crippen molar-refractivity contribution >= 4 is 40.2 Å². The van der Waals surface area contributed by atoms with Crippen LogP contribution in [0.3, 0.4) is 0 Å². The Morgan fingerprint density at radius 1 is 1.15 bits per heavy atom. The van der Waals surface area contributed by atoms with E-state index in [2.05, 4.69) is 20.7 Å². The molecule has 2 N–H and O–H groups in total. The van der Waals surface area contributed by atoms with Crippen LogP contribution in [0, 0.1) is 0 Å². The van der Waals surface area contributed by atoms with Crippen molar-refractivity contribution in [2.45, 2.75) is 13.3 Å². The molecule has 164 valence electrons. The van der Waals surface area contributed by atoms with Crippen LogP contribution in [0.1, 0.15) is 33.2 Å². The second-order valence-electron chi connectivity index (χ2n) is 7.45. The Kier molecular flexibility index (Phi) is 5.06. The van der Waals surface area contributed by atoms with Gasteiger partial charge in [0.15, 0.2) is 11.6 Å². The molecule has 0 saturated heterocycles. The van der Waals surface area contributed by atoms with Crippen molar-refractivity contribution in [2.24, 2.45) is 0 Å². The number of ether oxygens (including phenoxy) is 1. The van der Waals surface area contributed by atoms with E-state index in [4.69, 9.17) is 4.74 Å². The van der Waals surface area contributed by atoms with Crippen LogP contribution in [-0.4, -0.2) is 39.2 Å². The topological polar surface area (TPSA) is 115 Å². The lowest BCUT2D eigenvalue weighted by molar-refractivity contribution is -0.115. The van der Waals surface area contributed by atoms with Crippen molar-refractivity contribution in [2.75, 3.05) is 17.2 Å². The van der Waals surface area contributed by atoms with E-state index in [0.717, 1.165) is 16.5 Å². The minimum atomic E-state index is -0.608. The van der Waals surface area contributed by atoms with Gasteiger partial charge in [-0.25, -0.2) is 9.78 Å². The molecule has 0 spiro atoms. The molecule has 2 amide bonds. The average Bonchev–Trinajstić information content (AvgIpc) is 3.40. The van der Waals surface area contributed by atoms with Crippen LogP contribution >= 0.6 is 0 Å². The zero-order chi connectivity index (χ0) is 22.9. The summed E-state index contributed by atoms with van der Waals surface area (Å²) in [4.78, 5) is 41.9. The Hall–Kier alpha value is -4.53. The fourth-order valence-electron chi connectivity index (χ4n) is 3.72. The molecule has 9 nitrogen and oxygen atoms in total. The maximum Gasteiger partial charge on any atom is 0.343 e. The number of nitrogens with zero attached hydrogens (tertiary/aromatic N) is 3. The zero-order valence-electron chi connectivity index (χ0n) is 17.7. The molecular weight excluding hydrogens is 422 g/mol. The van der Waals surface area contributed by atoms with Gasteiger partial charge in [-0.3, -0.25) is 9.59 Å². The Morgan fingerprint density at radius 3 is 2.85 bits per heavy atom. The number of anilines is 2. The minimum Gasteiger partial charge on any atom is -0.462 e. The molecule has 5 rings (SSSR count). The van der Waals surface area contributed by atoms with Gasteiger partial charge in [0.05, 0.1) is 24.7 Å². The van der Waals surface area contributed by atoms with Crippen LogP contribution in [-0.2, 0) is 16.0 Å². The van der Waals surface area contributed by atoms with Gasteiger partial charge < -0.3 is 15.4 Å². The van der Waals surface area contributed by atoms with E-state index in [9.17, 15) is 14.4 Å². The first kappa shape index (κ1) is 20.4. The summed E-state index contributed by atoms with van der Waals surface area (Å²) in [7, 11) is 0. The van der Waals surface area contributed by atoms with Gasteiger partial charge in [0, 0.05) is 16.6 Å². The molecule has 0 unspecified atom stereocenters. The van der Waals surface area contributed by atoms with E-state index in [1.165, 1.54) is 10.9 Å².